The van der Waals surface area contributed by atoms with Gasteiger partial charge in [0.1, 0.15) is 11.3 Å². The summed E-state index contributed by atoms with van der Waals surface area (Å²) in [6, 6.07) is 19.1. The van der Waals surface area contributed by atoms with Crippen LogP contribution in [-0.4, -0.2) is 33.3 Å². The number of hydrogen-bond donors (Lipinski definition) is 1. The Labute approximate surface area is 225 Å². The third kappa shape index (κ3) is 4.68. The van der Waals surface area contributed by atoms with Gasteiger partial charge in [0.05, 0.1) is 28.9 Å². The Kier molecular flexibility index (Phi) is 7.03. The summed E-state index contributed by atoms with van der Waals surface area (Å²) in [4.78, 5) is 29.8. The highest BCUT2D eigenvalue weighted by molar-refractivity contribution is 6.36. The minimum Gasteiger partial charge on any atom is -0.480 e. The van der Waals surface area contributed by atoms with Crippen LogP contribution in [0.2, 0.25) is 5.02 Å². The fraction of sp³-hybridized carbons (Fsp3) is 0.167. The van der Waals surface area contributed by atoms with Crippen molar-refractivity contribution in [1.29, 1.82) is 0 Å². The molecule has 190 valence electrons. The summed E-state index contributed by atoms with van der Waals surface area (Å²) < 4.78 is 5.29. The summed E-state index contributed by atoms with van der Waals surface area (Å²) in [7, 11) is 1.49. The molecule has 0 aliphatic rings. The van der Waals surface area contributed by atoms with Crippen molar-refractivity contribution in [2.75, 3.05) is 12.4 Å². The first-order valence-electron chi connectivity index (χ1n) is 12.2. The lowest BCUT2D eigenvalue weighted by Crippen LogP contribution is -2.05. The monoisotopic (exact) mass is 523 g/mol. The van der Waals surface area contributed by atoms with E-state index < -0.39 is 0 Å². The number of carbonyl (C=O) groups is 1. The van der Waals surface area contributed by atoms with E-state index in [0.717, 1.165) is 45.6 Å². The second-order valence-corrected chi connectivity index (χ2v) is 9.52. The van der Waals surface area contributed by atoms with Crippen LogP contribution in [0.4, 0.5) is 11.5 Å². The third-order valence-corrected chi connectivity index (χ3v) is 6.76. The number of hydrogen-bond acceptors (Lipinski definition) is 7. The van der Waals surface area contributed by atoms with Crippen molar-refractivity contribution in [3.8, 4) is 28.3 Å². The maximum absolute atomic E-state index is 11.3. The molecule has 0 radical (unpaired) electrons. The van der Waals surface area contributed by atoms with Gasteiger partial charge in [-0.05, 0) is 48.4 Å². The number of aldehydes is 1. The van der Waals surface area contributed by atoms with Gasteiger partial charge in [-0.3, -0.25) is 9.78 Å². The Hall–Kier alpha value is -4.36. The number of carbonyl (C=O) groups excluding carboxylic acids is 1. The fourth-order valence-electron chi connectivity index (χ4n) is 4.31. The molecule has 0 spiro atoms. The number of methoxy groups -OCH3 is 1. The lowest BCUT2D eigenvalue weighted by atomic mass is 9.96. The zero-order chi connectivity index (χ0) is 26.8. The number of rotatable bonds is 7. The van der Waals surface area contributed by atoms with Crippen LogP contribution < -0.4 is 10.1 Å². The van der Waals surface area contributed by atoms with Gasteiger partial charge in [0.15, 0.2) is 12.1 Å². The highest BCUT2D eigenvalue weighted by Gasteiger charge is 2.17. The van der Waals surface area contributed by atoms with Gasteiger partial charge in [-0.25, -0.2) is 15.0 Å². The smallest absolute Gasteiger partial charge is 0.224 e. The van der Waals surface area contributed by atoms with Crippen molar-refractivity contribution in [3.63, 3.8) is 0 Å². The molecule has 0 unspecified atom stereocenters. The van der Waals surface area contributed by atoms with Crippen LogP contribution in [0.25, 0.3) is 33.4 Å². The first-order chi connectivity index (χ1) is 18.4. The quantitative estimate of drug-likeness (QED) is 0.222. The SMILES string of the molecule is COc1nc(-c2cccc(-c3cccc(Nc4nc(C(C)C)nc5cccnc45)c3C)c2Cl)ccc1C=O. The van der Waals surface area contributed by atoms with Gasteiger partial charge in [0, 0.05) is 28.9 Å². The van der Waals surface area contributed by atoms with E-state index >= 15 is 0 Å². The summed E-state index contributed by atoms with van der Waals surface area (Å²) >= 11 is 6.96. The predicted octanol–water partition coefficient (Wildman–Crippen LogP) is 7.40. The van der Waals surface area contributed by atoms with Crippen LogP contribution in [0.1, 0.15) is 41.5 Å². The number of pyridine rings is 2. The molecule has 0 saturated carbocycles. The van der Waals surface area contributed by atoms with Crippen LogP contribution in [0.15, 0.2) is 66.9 Å². The Balaban J connectivity index is 1.58. The summed E-state index contributed by atoms with van der Waals surface area (Å²) in [6.45, 7) is 6.18. The van der Waals surface area contributed by atoms with Gasteiger partial charge < -0.3 is 10.1 Å². The van der Waals surface area contributed by atoms with Gasteiger partial charge in [0.25, 0.3) is 0 Å². The van der Waals surface area contributed by atoms with E-state index in [0.29, 0.717) is 27.6 Å². The number of benzene rings is 2. The number of ether oxygens (including phenoxy) is 1. The number of fused-ring (bicyclic) bond motifs is 1. The normalized spacial score (nSPS) is 11.1. The number of nitrogens with zero attached hydrogens (tertiary/aromatic N) is 4. The molecule has 8 heteroatoms. The standard InChI is InChI=1S/C30H26ClN5O2/c1-17(2)28-34-25-12-7-15-32-27(25)29(36-28)33-23-11-6-8-20(18(23)3)21-9-5-10-22(26(21)31)24-14-13-19(16-37)30(35-24)38-4/h5-17H,1-4H3,(H,33,34,36). The lowest BCUT2D eigenvalue weighted by molar-refractivity contribution is 0.112. The number of nitrogens with one attached hydrogen (secondary N) is 1. The maximum Gasteiger partial charge on any atom is 0.224 e. The Morgan fingerprint density at radius 1 is 0.921 bits per heavy atom. The van der Waals surface area contributed by atoms with Gasteiger partial charge >= 0.3 is 0 Å². The first kappa shape index (κ1) is 25.3. The largest absolute Gasteiger partial charge is 0.480 e. The van der Waals surface area contributed by atoms with Crippen molar-refractivity contribution in [2.24, 2.45) is 0 Å². The van der Waals surface area contributed by atoms with E-state index in [1.54, 1.807) is 18.3 Å². The van der Waals surface area contributed by atoms with Crippen molar-refractivity contribution in [2.45, 2.75) is 26.7 Å². The predicted molar refractivity (Wildman–Crippen MR) is 152 cm³/mol. The van der Waals surface area contributed by atoms with Gasteiger partial charge in [-0.2, -0.15) is 0 Å². The van der Waals surface area contributed by atoms with E-state index in [1.807, 2.05) is 55.5 Å². The van der Waals surface area contributed by atoms with Gasteiger partial charge in [-0.15, -0.1) is 0 Å². The van der Waals surface area contributed by atoms with Crippen LogP contribution in [0.3, 0.4) is 0 Å². The average Bonchev–Trinajstić information content (AvgIpc) is 2.94. The molecule has 3 heterocycles. The topological polar surface area (TPSA) is 89.9 Å². The maximum atomic E-state index is 11.3. The average molecular weight is 524 g/mol. The molecule has 3 aromatic heterocycles. The summed E-state index contributed by atoms with van der Waals surface area (Å²) in [5.74, 6) is 1.84. The van der Waals surface area contributed by atoms with Gasteiger partial charge in [0.2, 0.25) is 5.88 Å². The molecule has 38 heavy (non-hydrogen) atoms. The number of anilines is 2. The molecule has 5 aromatic rings. The molecule has 0 fully saturated rings. The third-order valence-electron chi connectivity index (χ3n) is 6.35. The molecule has 0 amide bonds. The number of aromatic nitrogens is 4. The van der Waals surface area contributed by atoms with Crippen molar-refractivity contribution in [1.82, 2.24) is 19.9 Å². The molecular weight excluding hydrogens is 498 g/mol. The summed E-state index contributed by atoms with van der Waals surface area (Å²) in [6.07, 6.45) is 2.46. The summed E-state index contributed by atoms with van der Waals surface area (Å²) in [5.41, 5.74) is 6.96. The van der Waals surface area contributed by atoms with Crippen LogP contribution in [-0.2, 0) is 0 Å². The van der Waals surface area contributed by atoms with E-state index in [4.69, 9.17) is 21.3 Å². The Bertz CT molecular complexity index is 1670. The van der Waals surface area contributed by atoms with E-state index in [1.165, 1.54) is 7.11 Å². The van der Waals surface area contributed by atoms with E-state index in [-0.39, 0.29) is 11.8 Å². The lowest BCUT2D eigenvalue weighted by Gasteiger charge is -2.17. The van der Waals surface area contributed by atoms with Crippen LogP contribution >= 0.6 is 11.6 Å². The number of halogens is 1. The first-order valence-corrected chi connectivity index (χ1v) is 12.6. The second kappa shape index (κ2) is 10.6. The van der Waals surface area contributed by atoms with Crippen molar-refractivity contribution < 1.29 is 9.53 Å². The van der Waals surface area contributed by atoms with Crippen molar-refractivity contribution >= 4 is 40.4 Å². The summed E-state index contributed by atoms with van der Waals surface area (Å²) in [5, 5.41) is 4.05. The van der Waals surface area contributed by atoms with Crippen LogP contribution in [0, 0.1) is 6.92 Å². The Morgan fingerprint density at radius 3 is 2.45 bits per heavy atom. The minimum absolute atomic E-state index is 0.168. The van der Waals surface area contributed by atoms with E-state index in [9.17, 15) is 4.79 Å². The fourth-order valence-corrected chi connectivity index (χ4v) is 4.64. The molecule has 1 N–H and O–H groups in total. The highest BCUT2D eigenvalue weighted by Crippen LogP contribution is 2.39. The molecule has 5 rings (SSSR count). The van der Waals surface area contributed by atoms with Gasteiger partial charge in [-0.1, -0.05) is 55.8 Å². The van der Waals surface area contributed by atoms with E-state index in [2.05, 4.69) is 34.1 Å². The Morgan fingerprint density at radius 2 is 1.68 bits per heavy atom. The zero-order valence-electron chi connectivity index (χ0n) is 21.5. The van der Waals surface area contributed by atoms with Crippen molar-refractivity contribution in [3.05, 3.63) is 88.8 Å². The zero-order valence-corrected chi connectivity index (χ0v) is 22.2. The minimum atomic E-state index is 0.168. The molecule has 0 bridgehead atoms. The second-order valence-electron chi connectivity index (χ2n) is 9.14. The molecule has 0 atom stereocenters. The molecule has 0 aliphatic carbocycles. The molecule has 7 nitrogen and oxygen atoms in total. The molecule has 2 aromatic carbocycles. The molecule has 0 aliphatic heterocycles. The molecular formula is C30H26ClN5O2. The highest BCUT2D eigenvalue weighted by atomic mass is 35.5. The molecule has 0 saturated heterocycles. The van der Waals surface area contributed by atoms with Crippen LogP contribution in [0.5, 0.6) is 5.88 Å².